The summed E-state index contributed by atoms with van der Waals surface area (Å²) in [4.78, 5) is 6.81. The Morgan fingerprint density at radius 3 is 3.05 bits per heavy atom. The zero-order valence-corrected chi connectivity index (χ0v) is 12.7. The summed E-state index contributed by atoms with van der Waals surface area (Å²) in [5, 5.41) is 0.641. The van der Waals surface area contributed by atoms with Crippen LogP contribution in [0.3, 0.4) is 0 Å². The first-order chi connectivity index (χ1) is 10.2. The molecule has 0 radical (unpaired) electrons. The van der Waals surface area contributed by atoms with Gasteiger partial charge < -0.3 is 10.6 Å². The summed E-state index contributed by atoms with van der Waals surface area (Å²) in [6, 6.07) is 15.7. The van der Waals surface area contributed by atoms with Gasteiger partial charge in [-0.05, 0) is 42.7 Å². The summed E-state index contributed by atoms with van der Waals surface area (Å²) in [7, 11) is 0. The van der Waals surface area contributed by atoms with Crippen molar-refractivity contribution in [2.75, 3.05) is 10.6 Å². The van der Waals surface area contributed by atoms with Crippen LogP contribution in [0.5, 0.6) is 0 Å². The van der Waals surface area contributed by atoms with Crippen molar-refractivity contribution in [3.63, 3.8) is 0 Å². The summed E-state index contributed by atoms with van der Waals surface area (Å²) >= 11 is 1.56. The number of nitrogen functional groups attached to an aromatic ring is 1. The van der Waals surface area contributed by atoms with Gasteiger partial charge in [-0.3, -0.25) is 0 Å². The molecule has 0 saturated carbocycles. The van der Waals surface area contributed by atoms with Crippen LogP contribution in [0, 0.1) is 0 Å². The van der Waals surface area contributed by atoms with Gasteiger partial charge in [0.25, 0.3) is 0 Å². The molecule has 2 aromatic carbocycles. The second-order valence-electron chi connectivity index (χ2n) is 5.66. The summed E-state index contributed by atoms with van der Waals surface area (Å²) in [5.41, 5.74) is 10.9. The number of aromatic nitrogens is 1. The fourth-order valence-corrected chi connectivity index (χ4v) is 3.95. The Balaban J connectivity index is 1.68. The highest BCUT2D eigenvalue weighted by Gasteiger charge is 2.25. The first-order valence-corrected chi connectivity index (χ1v) is 8.02. The van der Waals surface area contributed by atoms with E-state index in [0.29, 0.717) is 11.2 Å². The minimum atomic E-state index is 0.546. The van der Waals surface area contributed by atoms with Crippen LogP contribution in [-0.2, 0) is 13.0 Å². The van der Waals surface area contributed by atoms with Crippen molar-refractivity contribution in [2.24, 2.45) is 0 Å². The molecule has 4 heteroatoms. The molecule has 21 heavy (non-hydrogen) atoms. The number of hydrogen-bond donors (Lipinski definition) is 1. The zero-order chi connectivity index (χ0) is 14.4. The van der Waals surface area contributed by atoms with Gasteiger partial charge in [0, 0.05) is 18.3 Å². The molecule has 3 aromatic rings. The number of fused-ring (bicyclic) bond motifs is 2. The lowest BCUT2D eigenvalue weighted by Crippen LogP contribution is -2.28. The van der Waals surface area contributed by atoms with Crippen molar-refractivity contribution in [3.8, 4) is 0 Å². The van der Waals surface area contributed by atoms with Gasteiger partial charge in [-0.15, -0.1) is 0 Å². The maximum Gasteiger partial charge on any atom is 0.181 e. The van der Waals surface area contributed by atoms with Crippen LogP contribution >= 0.6 is 11.3 Å². The molecule has 1 aliphatic rings. The van der Waals surface area contributed by atoms with Crippen molar-refractivity contribution in [1.82, 2.24) is 4.98 Å². The van der Waals surface area contributed by atoms with Crippen molar-refractivity contribution >= 4 is 32.4 Å². The molecule has 0 aliphatic carbocycles. The topological polar surface area (TPSA) is 42.2 Å². The maximum absolute atomic E-state index is 5.79. The largest absolute Gasteiger partial charge is 0.375 e. The van der Waals surface area contributed by atoms with Crippen LogP contribution in [0.1, 0.15) is 18.1 Å². The normalized spacial score (nSPS) is 17.4. The van der Waals surface area contributed by atoms with E-state index in [1.54, 1.807) is 11.3 Å². The molecular formula is C17H17N3S. The number of anilines is 2. The average molecular weight is 295 g/mol. The van der Waals surface area contributed by atoms with E-state index in [0.717, 1.165) is 18.5 Å². The molecule has 1 unspecified atom stereocenters. The number of para-hydroxylation sites is 1. The Morgan fingerprint density at radius 2 is 2.14 bits per heavy atom. The highest BCUT2D eigenvalue weighted by molar-refractivity contribution is 7.22. The molecule has 2 heterocycles. The first kappa shape index (κ1) is 12.7. The van der Waals surface area contributed by atoms with Gasteiger partial charge in [0.1, 0.15) is 0 Å². The Kier molecular flexibility index (Phi) is 2.86. The van der Waals surface area contributed by atoms with Gasteiger partial charge >= 0.3 is 0 Å². The van der Waals surface area contributed by atoms with E-state index >= 15 is 0 Å². The standard InChI is InChI=1S/C17H17N3S/c1-11-8-13-4-2-3-5-15(13)20(11)10-12-6-7-14-16(9-12)21-17(18)19-14/h2-7,9,11H,8,10H2,1H3,(H2,18,19). The minimum Gasteiger partial charge on any atom is -0.375 e. The van der Waals surface area contributed by atoms with Crippen molar-refractivity contribution in [1.29, 1.82) is 0 Å². The number of benzene rings is 2. The molecule has 0 bridgehead atoms. The summed E-state index contributed by atoms with van der Waals surface area (Å²) in [6.45, 7) is 3.23. The van der Waals surface area contributed by atoms with Crippen LogP contribution in [0.25, 0.3) is 10.2 Å². The third kappa shape index (κ3) is 2.16. The molecule has 106 valence electrons. The molecule has 0 fully saturated rings. The third-order valence-electron chi connectivity index (χ3n) is 4.17. The fourth-order valence-electron chi connectivity index (χ4n) is 3.15. The zero-order valence-electron chi connectivity index (χ0n) is 11.9. The summed E-state index contributed by atoms with van der Waals surface area (Å²) < 4.78 is 1.17. The van der Waals surface area contributed by atoms with E-state index in [9.17, 15) is 0 Å². The summed E-state index contributed by atoms with van der Waals surface area (Å²) in [5.74, 6) is 0. The average Bonchev–Trinajstić information content (AvgIpc) is 2.98. The lowest BCUT2D eigenvalue weighted by Gasteiger charge is -2.25. The lowest BCUT2D eigenvalue weighted by molar-refractivity contribution is 0.672. The van der Waals surface area contributed by atoms with Gasteiger partial charge in [-0.25, -0.2) is 4.98 Å². The quantitative estimate of drug-likeness (QED) is 0.781. The lowest BCUT2D eigenvalue weighted by atomic mass is 10.1. The predicted octanol–water partition coefficient (Wildman–Crippen LogP) is 3.83. The predicted molar refractivity (Wildman–Crippen MR) is 89.8 cm³/mol. The second kappa shape index (κ2) is 4.74. The van der Waals surface area contributed by atoms with Crippen LogP contribution in [-0.4, -0.2) is 11.0 Å². The Labute approximate surface area is 128 Å². The van der Waals surface area contributed by atoms with E-state index in [2.05, 4.69) is 59.3 Å². The van der Waals surface area contributed by atoms with Crippen LogP contribution < -0.4 is 10.6 Å². The molecule has 0 spiro atoms. The van der Waals surface area contributed by atoms with Crippen LogP contribution in [0.15, 0.2) is 42.5 Å². The van der Waals surface area contributed by atoms with Gasteiger partial charge in [0.2, 0.25) is 0 Å². The molecular weight excluding hydrogens is 278 g/mol. The Morgan fingerprint density at radius 1 is 1.29 bits per heavy atom. The van der Waals surface area contributed by atoms with Gasteiger partial charge in [0.05, 0.1) is 10.2 Å². The van der Waals surface area contributed by atoms with Gasteiger partial charge in [0.15, 0.2) is 5.13 Å². The molecule has 0 saturated heterocycles. The first-order valence-electron chi connectivity index (χ1n) is 7.20. The van der Waals surface area contributed by atoms with Crippen LogP contribution in [0.4, 0.5) is 10.8 Å². The van der Waals surface area contributed by atoms with Gasteiger partial charge in [-0.1, -0.05) is 35.6 Å². The molecule has 1 aromatic heterocycles. The van der Waals surface area contributed by atoms with E-state index < -0.39 is 0 Å². The van der Waals surface area contributed by atoms with Crippen molar-refractivity contribution in [2.45, 2.75) is 25.9 Å². The van der Waals surface area contributed by atoms with Gasteiger partial charge in [-0.2, -0.15) is 0 Å². The Bertz CT molecular complexity index is 809. The maximum atomic E-state index is 5.79. The molecule has 4 rings (SSSR count). The number of hydrogen-bond acceptors (Lipinski definition) is 4. The molecule has 3 nitrogen and oxygen atoms in total. The highest BCUT2D eigenvalue weighted by atomic mass is 32.1. The van der Waals surface area contributed by atoms with E-state index in [4.69, 9.17) is 5.73 Å². The smallest absolute Gasteiger partial charge is 0.181 e. The van der Waals surface area contributed by atoms with Crippen molar-refractivity contribution in [3.05, 3.63) is 53.6 Å². The second-order valence-corrected chi connectivity index (χ2v) is 6.73. The fraction of sp³-hybridized carbons (Fsp3) is 0.235. The van der Waals surface area contributed by atoms with E-state index in [1.807, 2.05) is 0 Å². The Hall–Kier alpha value is -2.07. The third-order valence-corrected chi connectivity index (χ3v) is 5.02. The number of thiazole rings is 1. The molecule has 0 amide bonds. The van der Waals surface area contributed by atoms with E-state index in [1.165, 1.54) is 21.5 Å². The number of nitrogens with zero attached hydrogens (tertiary/aromatic N) is 2. The molecule has 2 N–H and O–H groups in total. The monoisotopic (exact) mass is 295 g/mol. The number of rotatable bonds is 2. The van der Waals surface area contributed by atoms with E-state index in [-0.39, 0.29) is 0 Å². The summed E-state index contributed by atoms with van der Waals surface area (Å²) in [6.07, 6.45) is 1.13. The van der Waals surface area contributed by atoms with Crippen molar-refractivity contribution < 1.29 is 0 Å². The SMILES string of the molecule is CC1Cc2ccccc2N1Cc1ccc2nc(N)sc2c1. The minimum absolute atomic E-state index is 0.546. The number of nitrogens with two attached hydrogens (primary N) is 1. The molecule has 1 aliphatic heterocycles. The highest BCUT2D eigenvalue weighted by Crippen LogP contribution is 2.33. The molecule has 1 atom stereocenters. The van der Waals surface area contributed by atoms with Crippen LogP contribution in [0.2, 0.25) is 0 Å².